The van der Waals surface area contributed by atoms with Gasteiger partial charge in [0.05, 0.1) is 5.57 Å². The van der Waals surface area contributed by atoms with Crippen LogP contribution in [0.15, 0.2) is 54.6 Å². The number of benzene rings is 2. The van der Waals surface area contributed by atoms with E-state index in [9.17, 15) is 18.0 Å². The summed E-state index contributed by atoms with van der Waals surface area (Å²) in [7, 11) is 0. The Morgan fingerprint density at radius 2 is 1.83 bits per heavy atom. The Labute approximate surface area is 173 Å². The Morgan fingerprint density at radius 3 is 2.45 bits per heavy atom. The number of nitrogens with one attached hydrogen (secondary N) is 1. The number of hydrogen-bond acceptors (Lipinski definition) is 3. The van der Waals surface area contributed by atoms with E-state index in [1.807, 2.05) is 30.8 Å². The average Bonchev–Trinajstić information content (AvgIpc) is 2.69. The van der Waals surface area contributed by atoms with Gasteiger partial charge in [-0.25, -0.2) is 0 Å². The summed E-state index contributed by atoms with van der Waals surface area (Å²) < 4.78 is 40.2. The van der Waals surface area contributed by atoms with Gasteiger partial charge in [-0.1, -0.05) is 42.5 Å². The Balaban J connectivity index is 1.72. The summed E-state index contributed by atoms with van der Waals surface area (Å²) >= 11 is 1.95. The maximum absolute atomic E-state index is 13.4. The molecule has 7 heteroatoms. The molecule has 0 atom stereocenters. The fraction of sp³-hybridized carbons (Fsp3) is 0.318. The van der Waals surface area contributed by atoms with E-state index in [0.29, 0.717) is 11.8 Å². The number of allylic oxidation sites excluding steroid dienone is 1. The molecule has 0 radical (unpaired) electrons. The first-order chi connectivity index (χ1) is 13.8. The highest BCUT2D eigenvalue weighted by molar-refractivity contribution is 7.99. The minimum absolute atomic E-state index is 0.0399. The van der Waals surface area contributed by atoms with Crippen LogP contribution in [0.2, 0.25) is 0 Å². The maximum Gasteiger partial charge on any atom is 0.417 e. The second-order valence-corrected chi connectivity index (χ2v) is 8.17. The van der Waals surface area contributed by atoms with E-state index in [2.05, 4.69) is 10.2 Å². The van der Waals surface area contributed by atoms with E-state index in [0.717, 1.165) is 42.3 Å². The highest BCUT2D eigenvalue weighted by Gasteiger charge is 2.35. The third-order valence-electron chi connectivity index (χ3n) is 4.72. The lowest BCUT2D eigenvalue weighted by Gasteiger charge is -2.26. The van der Waals surface area contributed by atoms with E-state index < -0.39 is 17.7 Å². The molecule has 0 aliphatic carbocycles. The van der Waals surface area contributed by atoms with Crippen LogP contribution >= 0.6 is 11.8 Å². The van der Waals surface area contributed by atoms with Gasteiger partial charge in [-0.05, 0) is 29.7 Å². The van der Waals surface area contributed by atoms with Gasteiger partial charge in [-0.2, -0.15) is 24.9 Å². The van der Waals surface area contributed by atoms with Crippen LogP contribution in [0, 0.1) is 6.92 Å². The fourth-order valence-electron chi connectivity index (χ4n) is 3.23. The molecule has 1 fully saturated rings. The van der Waals surface area contributed by atoms with Crippen molar-refractivity contribution in [2.75, 3.05) is 29.9 Å². The molecule has 1 heterocycles. The summed E-state index contributed by atoms with van der Waals surface area (Å²) in [6.07, 6.45) is -4.00. The molecule has 0 saturated carbocycles. The number of aryl methyl sites for hydroxylation is 1. The van der Waals surface area contributed by atoms with Gasteiger partial charge in [-0.15, -0.1) is 0 Å². The van der Waals surface area contributed by atoms with Crippen LogP contribution in [0.1, 0.15) is 16.7 Å². The third-order valence-corrected chi connectivity index (χ3v) is 5.67. The first-order valence-corrected chi connectivity index (χ1v) is 10.5. The first kappa shape index (κ1) is 21.5. The molecule has 0 unspecified atom stereocenters. The van der Waals surface area contributed by atoms with Crippen molar-refractivity contribution in [2.45, 2.75) is 19.6 Å². The molecule has 1 aliphatic rings. The molecule has 154 valence electrons. The predicted molar refractivity (Wildman–Crippen MR) is 113 cm³/mol. The summed E-state index contributed by atoms with van der Waals surface area (Å²) in [6.45, 7) is 4.78. The van der Waals surface area contributed by atoms with E-state index in [1.54, 1.807) is 12.1 Å². The zero-order valence-corrected chi connectivity index (χ0v) is 16.9. The van der Waals surface area contributed by atoms with Crippen molar-refractivity contribution in [3.05, 3.63) is 71.3 Å². The molecule has 0 spiro atoms. The normalized spacial score (nSPS) is 15.9. The summed E-state index contributed by atoms with van der Waals surface area (Å²) in [5.74, 6) is 1.45. The number of alkyl halides is 3. The van der Waals surface area contributed by atoms with E-state index in [1.165, 1.54) is 24.3 Å². The van der Waals surface area contributed by atoms with Gasteiger partial charge in [0.25, 0.3) is 0 Å². The average molecular weight is 421 g/mol. The van der Waals surface area contributed by atoms with Gasteiger partial charge in [0.15, 0.2) is 0 Å². The number of hydrogen-bond donors (Lipinski definition) is 1. The quantitative estimate of drug-likeness (QED) is 0.681. The Kier molecular flexibility index (Phi) is 7.03. The van der Waals surface area contributed by atoms with Gasteiger partial charge in [0.1, 0.15) is 0 Å². The molecule has 1 amide bonds. The number of carbonyl (C=O) groups excluding carboxylic acids is 1. The highest BCUT2D eigenvalue weighted by atomic mass is 32.2. The van der Waals surface area contributed by atoms with Crippen molar-refractivity contribution >= 4 is 28.9 Å². The minimum atomic E-state index is -4.62. The Morgan fingerprint density at radius 1 is 1.14 bits per heavy atom. The molecule has 3 nitrogen and oxygen atoms in total. The van der Waals surface area contributed by atoms with Crippen molar-refractivity contribution in [1.82, 2.24) is 4.90 Å². The molecule has 0 aromatic heterocycles. The molecule has 29 heavy (non-hydrogen) atoms. The van der Waals surface area contributed by atoms with Gasteiger partial charge in [-0.3, -0.25) is 9.69 Å². The van der Waals surface area contributed by atoms with Crippen molar-refractivity contribution in [2.24, 2.45) is 0 Å². The predicted octanol–water partition coefficient (Wildman–Crippen LogP) is 5.13. The summed E-state index contributed by atoms with van der Waals surface area (Å²) in [4.78, 5) is 14.7. The maximum atomic E-state index is 13.4. The van der Waals surface area contributed by atoms with E-state index in [-0.39, 0.29) is 5.56 Å². The molecule has 2 aromatic carbocycles. The number of amides is 1. The standard InChI is InChI=1S/C22H23F3N2OS/c1-16-13-17(15-27-9-11-29-12-10-27)7-8-20(16)26-21(28)14-19(22(23,24)25)18-5-3-2-4-6-18/h2-8,13-14H,9-12,15H2,1H3,(H,26,28)/b19-14-. The van der Waals surface area contributed by atoms with E-state index >= 15 is 0 Å². The van der Waals surface area contributed by atoms with Crippen molar-refractivity contribution in [3.8, 4) is 0 Å². The second-order valence-electron chi connectivity index (χ2n) is 6.95. The third kappa shape index (κ3) is 6.11. The molecule has 1 saturated heterocycles. The van der Waals surface area contributed by atoms with Crippen LogP contribution in [-0.4, -0.2) is 41.6 Å². The van der Waals surface area contributed by atoms with Crippen molar-refractivity contribution in [3.63, 3.8) is 0 Å². The van der Waals surface area contributed by atoms with Crippen LogP contribution in [0.4, 0.5) is 18.9 Å². The monoisotopic (exact) mass is 420 g/mol. The van der Waals surface area contributed by atoms with Crippen LogP contribution in [0.25, 0.3) is 5.57 Å². The summed E-state index contributed by atoms with van der Waals surface area (Å²) in [5.41, 5.74) is 1.46. The van der Waals surface area contributed by atoms with Gasteiger partial charge in [0.2, 0.25) is 5.91 Å². The summed E-state index contributed by atoms with van der Waals surface area (Å²) in [6, 6.07) is 13.0. The fourth-order valence-corrected chi connectivity index (χ4v) is 4.21. The lowest BCUT2D eigenvalue weighted by molar-refractivity contribution is -0.112. The molecule has 3 rings (SSSR count). The number of anilines is 1. The topological polar surface area (TPSA) is 32.3 Å². The summed E-state index contributed by atoms with van der Waals surface area (Å²) in [5, 5.41) is 2.58. The Hall–Kier alpha value is -2.25. The van der Waals surface area contributed by atoms with Gasteiger partial charge < -0.3 is 5.32 Å². The highest BCUT2D eigenvalue weighted by Crippen LogP contribution is 2.33. The number of thioether (sulfide) groups is 1. The van der Waals surface area contributed by atoms with Crippen LogP contribution in [0.3, 0.4) is 0 Å². The van der Waals surface area contributed by atoms with Crippen LogP contribution in [0.5, 0.6) is 0 Å². The number of nitrogens with zero attached hydrogens (tertiary/aromatic N) is 1. The molecular formula is C22H23F3N2OS. The van der Waals surface area contributed by atoms with Gasteiger partial charge >= 0.3 is 6.18 Å². The number of halogens is 3. The largest absolute Gasteiger partial charge is 0.417 e. The van der Waals surface area contributed by atoms with Crippen LogP contribution < -0.4 is 5.32 Å². The molecular weight excluding hydrogens is 397 g/mol. The van der Waals surface area contributed by atoms with Crippen molar-refractivity contribution in [1.29, 1.82) is 0 Å². The SMILES string of the molecule is Cc1cc(CN2CCSCC2)ccc1NC(=O)/C=C(/c1ccccc1)C(F)(F)F. The first-order valence-electron chi connectivity index (χ1n) is 9.38. The second kappa shape index (κ2) is 9.50. The number of rotatable bonds is 5. The lowest BCUT2D eigenvalue weighted by Crippen LogP contribution is -2.31. The minimum Gasteiger partial charge on any atom is -0.322 e. The molecule has 1 N–H and O–H groups in total. The lowest BCUT2D eigenvalue weighted by atomic mass is 10.0. The zero-order valence-electron chi connectivity index (χ0n) is 16.1. The Bertz CT molecular complexity index is 875. The smallest absolute Gasteiger partial charge is 0.322 e. The zero-order chi connectivity index (χ0) is 20.9. The van der Waals surface area contributed by atoms with Gasteiger partial charge in [0, 0.05) is 42.9 Å². The molecule has 1 aliphatic heterocycles. The number of carbonyl (C=O) groups is 1. The molecule has 0 bridgehead atoms. The molecule has 2 aromatic rings. The van der Waals surface area contributed by atoms with Crippen molar-refractivity contribution < 1.29 is 18.0 Å². The van der Waals surface area contributed by atoms with E-state index in [4.69, 9.17) is 0 Å². The van der Waals surface area contributed by atoms with Crippen LogP contribution in [-0.2, 0) is 11.3 Å².